The number of ether oxygens (including phenoxy) is 1. The monoisotopic (exact) mass is 193 g/mol. The quantitative estimate of drug-likeness (QED) is 0.762. The summed E-state index contributed by atoms with van der Waals surface area (Å²) in [5, 5.41) is 9.44. The molecule has 1 aromatic rings. The first-order valence-corrected chi connectivity index (χ1v) is 4.79. The van der Waals surface area contributed by atoms with Crippen molar-refractivity contribution in [3.63, 3.8) is 0 Å². The highest BCUT2D eigenvalue weighted by Crippen LogP contribution is 2.48. The fraction of sp³-hybridized carbons (Fsp3) is 0.455. The van der Waals surface area contributed by atoms with Crippen LogP contribution < -0.4 is 10.5 Å². The summed E-state index contributed by atoms with van der Waals surface area (Å²) < 4.78 is 5.06. The first-order chi connectivity index (χ1) is 6.72. The fourth-order valence-electron chi connectivity index (χ4n) is 1.77. The maximum Gasteiger partial charge on any atom is 0.160 e. The molecule has 0 spiro atoms. The van der Waals surface area contributed by atoms with Gasteiger partial charge in [0.1, 0.15) is 0 Å². The molecule has 3 N–H and O–H groups in total. The lowest BCUT2D eigenvalue weighted by Gasteiger charge is -2.14. The number of rotatable bonds is 3. The lowest BCUT2D eigenvalue weighted by Crippen LogP contribution is -2.19. The minimum Gasteiger partial charge on any atom is -0.504 e. The molecule has 0 heterocycles. The molecule has 1 aromatic carbocycles. The lowest BCUT2D eigenvalue weighted by atomic mass is 9.96. The fourth-order valence-corrected chi connectivity index (χ4v) is 1.77. The van der Waals surface area contributed by atoms with Crippen LogP contribution in [0.5, 0.6) is 11.5 Å². The van der Waals surface area contributed by atoms with Gasteiger partial charge in [0.15, 0.2) is 11.5 Å². The Kier molecular flexibility index (Phi) is 2.11. The van der Waals surface area contributed by atoms with Crippen LogP contribution in [0.15, 0.2) is 18.2 Å². The summed E-state index contributed by atoms with van der Waals surface area (Å²) in [5.41, 5.74) is 7.06. The number of benzene rings is 1. The molecule has 0 atom stereocenters. The molecule has 1 aliphatic carbocycles. The largest absolute Gasteiger partial charge is 0.504 e. The normalized spacial score (nSPS) is 17.9. The second-order valence-electron chi connectivity index (χ2n) is 3.87. The Hall–Kier alpha value is -1.22. The Balaban J connectivity index is 2.36. The zero-order chi connectivity index (χ0) is 10.2. The van der Waals surface area contributed by atoms with Crippen LogP contribution in [0.2, 0.25) is 0 Å². The van der Waals surface area contributed by atoms with Gasteiger partial charge < -0.3 is 15.6 Å². The highest BCUT2D eigenvalue weighted by molar-refractivity contribution is 5.46. The predicted molar refractivity (Wildman–Crippen MR) is 54.6 cm³/mol. The van der Waals surface area contributed by atoms with Gasteiger partial charge in [0, 0.05) is 12.0 Å². The average Bonchev–Trinajstić information content (AvgIpc) is 2.99. The highest BCUT2D eigenvalue weighted by Gasteiger charge is 2.43. The van der Waals surface area contributed by atoms with Crippen LogP contribution in [0.3, 0.4) is 0 Å². The van der Waals surface area contributed by atoms with Crippen molar-refractivity contribution in [1.29, 1.82) is 0 Å². The maximum absolute atomic E-state index is 9.44. The smallest absolute Gasteiger partial charge is 0.160 e. The van der Waals surface area contributed by atoms with Gasteiger partial charge in [-0.3, -0.25) is 0 Å². The molecule has 0 amide bonds. The van der Waals surface area contributed by atoms with Crippen molar-refractivity contribution in [3.05, 3.63) is 23.8 Å². The second-order valence-corrected chi connectivity index (χ2v) is 3.87. The van der Waals surface area contributed by atoms with Crippen molar-refractivity contribution in [2.75, 3.05) is 13.7 Å². The van der Waals surface area contributed by atoms with Gasteiger partial charge in [0.25, 0.3) is 0 Å². The van der Waals surface area contributed by atoms with Crippen LogP contribution in [-0.2, 0) is 5.41 Å². The minimum atomic E-state index is 0.154. The molecule has 1 saturated carbocycles. The molecule has 3 heteroatoms. The number of hydrogen-bond donors (Lipinski definition) is 2. The van der Waals surface area contributed by atoms with E-state index in [0.29, 0.717) is 12.3 Å². The summed E-state index contributed by atoms with van der Waals surface area (Å²) in [4.78, 5) is 0. The van der Waals surface area contributed by atoms with Crippen LogP contribution in [0.25, 0.3) is 0 Å². The number of nitrogens with two attached hydrogens (primary N) is 1. The van der Waals surface area contributed by atoms with Crippen LogP contribution in [-0.4, -0.2) is 18.8 Å². The third-order valence-electron chi connectivity index (χ3n) is 3.04. The molecule has 0 saturated heterocycles. The third kappa shape index (κ3) is 1.34. The van der Waals surface area contributed by atoms with Crippen molar-refractivity contribution in [1.82, 2.24) is 0 Å². The molecular weight excluding hydrogens is 178 g/mol. The van der Waals surface area contributed by atoms with Gasteiger partial charge >= 0.3 is 0 Å². The summed E-state index contributed by atoms with van der Waals surface area (Å²) in [6, 6.07) is 5.48. The number of hydrogen-bond acceptors (Lipinski definition) is 3. The van der Waals surface area contributed by atoms with Crippen molar-refractivity contribution < 1.29 is 9.84 Å². The van der Waals surface area contributed by atoms with Crippen molar-refractivity contribution >= 4 is 0 Å². The molecule has 2 rings (SSSR count). The summed E-state index contributed by atoms with van der Waals surface area (Å²) in [6.07, 6.45) is 2.27. The average molecular weight is 193 g/mol. The van der Waals surface area contributed by atoms with Gasteiger partial charge in [-0.05, 0) is 30.5 Å². The first kappa shape index (κ1) is 9.34. The van der Waals surface area contributed by atoms with Gasteiger partial charge in [0.2, 0.25) is 0 Å². The summed E-state index contributed by atoms with van der Waals surface area (Å²) >= 11 is 0. The maximum atomic E-state index is 9.44. The molecular formula is C11H15NO2. The highest BCUT2D eigenvalue weighted by atomic mass is 16.5. The summed E-state index contributed by atoms with van der Waals surface area (Å²) in [6.45, 7) is 0.668. The van der Waals surface area contributed by atoms with Gasteiger partial charge in [-0.1, -0.05) is 6.07 Å². The van der Waals surface area contributed by atoms with Gasteiger partial charge in [-0.2, -0.15) is 0 Å². The summed E-state index contributed by atoms with van der Waals surface area (Å²) in [7, 11) is 1.56. The van der Waals surface area contributed by atoms with Gasteiger partial charge in [0.05, 0.1) is 7.11 Å². The second kappa shape index (κ2) is 3.17. The van der Waals surface area contributed by atoms with E-state index in [-0.39, 0.29) is 11.2 Å². The summed E-state index contributed by atoms with van der Waals surface area (Å²) in [5.74, 6) is 0.714. The van der Waals surface area contributed by atoms with E-state index in [2.05, 4.69) is 0 Å². The zero-order valence-electron chi connectivity index (χ0n) is 8.29. The molecule has 0 aliphatic heterocycles. The molecule has 14 heavy (non-hydrogen) atoms. The van der Waals surface area contributed by atoms with E-state index in [9.17, 15) is 5.11 Å². The topological polar surface area (TPSA) is 55.5 Å². The van der Waals surface area contributed by atoms with E-state index >= 15 is 0 Å². The van der Waals surface area contributed by atoms with E-state index < -0.39 is 0 Å². The van der Waals surface area contributed by atoms with Crippen molar-refractivity contribution in [2.24, 2.45) is 5.73 Å². The molecule has 1 fully saturated rings. The third-order valence-corrected chi connectivity index (χ3v) is 3.04. The van der Waals surface area contributed by atoms with Crippen molar-refractivity contribution in [2.45, 2.75) is 18.3 Å². The number of methoxy groups -OCH3 is 1. The number of phenolic OH excluding ortho intramolecular Hbond substituents is 1. The van der Waals surface area contributed by atoms with Crippen LogP contribution in [0.4, 0.5) is 0 Å². The van der Waals surface area contributed by atoms with Crippen LogP contribution >= 0.6 is 0 Å². The molecule has 0 bridgehead atoms. The molecule has 0 unspecified atom stereocenters. The Morgan fingerprint density at radius 1 is 1.50 bits per heavy atom. The van der Waals surface area contributed by atoms with Crippen LogP contribution in [0, 0.1) is 0 Å². The molecule has 76 valence electrons. The molecule has 3 nitrogen and oxygen atoms in total. The van der Waals surface area contributed by atoms with E-state index in [4.69, 9.17) is 10.5 Å². The van der Waals surface area contributed by atoms with E-state index in [1.807, 2.05) is 12.1 Å². The first-order valence-electron chi connectivity index (χ1n) is 4.79. The van der Waals surface area contributed by atoms with E-state index in [1.54, 1.807) is 13.2 Å². The Bertz CT molecular complexity index is 345. The van der Waals surface area contributed by atoms with Crippen LogP contribution in [0.1, 0.15) is 18.4 Å². The zero-order valence-corrected chi connectivity index (χ0v) is 8.29. The SMILES string of the molecule is COc1cc(C2(CN)CC2)ccc1O. The van der Waals surface area contributed by atoms with Gasteiger partial charge in [-0.15, -0.1) is 0 Å². The van der Waals surface area contributed by atoms with E-state index in [0.717, 1.165) is 12.8 Å². The number of phenols is 1. The number of aromatic hydroxyl groups is 1. The standard InChI is InChI=1S/C11H15NO2/c1-14-10-6-8(2-3-9(10)13)11(7-12)4-5-11/h2-3,6,13H,4-5,7,12H2,1H3. The minimum absolute atomic E-state index is 0.154. The molecule has 0 radical (unpaired) electrons. The Morgan fingerprint density at radius 3 is 2.71 bits per heavy atom. The van der Waals surface area contributed by atoms with Crippen molar-refractivity contribution in [3.8, 4) is 11.5 Å². The molecule has 1 aliphatic rings. The van der Waals surface area contributed by atoms with Gasteiger partial charge in [-0.25, -0.2) is 0 Å². The van der Waals surface area contributed by atoms with E-state index in [1.165, 1.54) is 5.56 Å². The lowest BCUT2D eigenvalue weighted by molar-refractivity contribution is 0.372. The Morgan fingerprint density at radius 2 is 2.21 bits per heavy atom. The predicted octanol–water partition coefficient (Wildman–Crippen LogP) is 1.39. The Labute approximate surface area is 83.5 Å². The molecule has 0 aromatic heterocycles.